The molecule has 0 spiro atoms. The molecular formula is C27H34N8O2. The number of dihydropyridines is 1. The minimum absolute atomic E-state index is 0.0594. The second kappa shape index (κ2) is 11.7. The third-order valence-corrected chi connectivity index (χ3v) is 7.16. The van der Waals surface area contributed by atoms with Gasteiger partial charge in [-0.25, -0.2) is 4.99 Å². The van der Waals surface area contributed by atoms with Gasteiger partial charge in [0.05, 0.1) is 25.3 Å². The summed E-state index contributed by atoms with van der Waals surface area (Å²) in [7, 11) is 2.11. The largest absolute Gasteiger partial charge is 0.379 e. The number of amides is 1. The summed E-state index contributed by atoms with van der Waals surface area (Å²) in [5.41, 5.74) is 3.21. The molecule has 5 rings (SSSR count). The van der Waals surface area contributed by atoms with Crippen molar-refractivity contribution in [3.8, 4) is 6.07 Å². The lowest BCUT2D eigenvalue weighted by atomic mass is 9.97. The van der Waals surface area contributed by atoms with Crippen LogP contribution in [0.3, 0.4) is 0 Å². The molecule has 3 N–H and O–H groups in total. The van der Waals surface area contributed by atoms with Crippen LogP contribution in [0.2, 0.25) is 0 Å². The maximum atomic E-state index is 12.8. The molecule has 0 aliphatic carbocycles. The van der Waals surface area contributed by atoms with Gasteiger partial charge in [0.1, 0.15) is 11.8 Å². The van der Waals surface area contributed by atoms with Gasteiger partial charge >= 0.3 is 0 Å². The van der Waals surface area contributed by atoms with Gasteiger partial charge in [-0.15, -0.1) is 0 Å². The number of carbonyl (C=O) groups is 1. The number of ether oxygens (including phenoxy) is 1. The molecule has 4 aliphatic rings. The highest BCUT2D eigenvalue weighted by Crippen LogP contribution is 2.20. The highest BCUT2D eigenvalue weighted by molar-refractivity contribution is 6.09. The van der Waals surface area contributed by atoms with Gasteiger partial charge in [-0.05, 0) is 63.2 Å². The summed E-state index contributed by atoms with van der Waals surface area (Å²) in [6.07, 6.45) is 6.74. The van der Waals surface area contributed by atoms with Crippen molar-refractivity contribution in [2.75, 3.05) is 45.2 Å². The van der Waals surface area contributed by atoms with E-state index in [0.717, 1.165) is 55.9 Å². The van der Waals surface area contributed by atoms with E-state index in [2.05, 4.69) is 44.0 Å². The molecule has 1 aromatic rings. The maximum Gasteiger partial charge on any atom is 0.251 e. The summed E-state index contributed by atoms with van der Waals surface area (Å²) < 4.78 is 5.42. The molecule has 0 radical (unpaired) electrons. The average molecular weight is 503 g/mol. The van der Waals surface area contributed by atoms with E-state index in [-0.39, 0.29) is 18.0 Å². The van der Waals surface area contributed by atoms with E-state index in [1.807, 2.05) is 36.6 Å². The van der Waals surface area contributed by atoms with E-state index >= 15 is 0 Å². The number of aliphatic imine (C=N–C) groups is 3. The Morgan fingerprint density at radius 1 is 1.19 bits per heavy atom. The minimum atomic E-state index is -0.503. The van der Waals surface area contributed by atoms with Crippen LogP contribution in [-0.4, -0.2) is 86.8 Å². The van der Waals surface area contributed by atoms with E-state index in [0.29, 0.717) is 31.0 Å². The molecule has 2 saturated heterocycles. The Hall–Kier alpha value is -3.55. The van der Waals surface area contributed by atoms with Crippen LogP contribution in [-0.2, 0) is 4.74 Å². The second-order valence-electron chi connectivity index (χ2n) is 9.97. The molecule has 10 nitrogen and oxygen atoms in total. The number of amidine groups is 1. The number of carbonyl (C=O) groups excluding carboxylic acids is 1. The molecule has 1 amide bonds. The Kier molecular flexibility index (Phi) is 7.92. The highest BCUT2D eigenvalue weighted by atomic mass is 16.5. The number of anilines is 1. The number of nitriles is 1. The topological polar surface area (TPSA) is 127 Å². The smallest absolute Gasteiger partial charge is 0.251 e. The van der Waals surface area contributed by atoms with Crippen LogP contribution in [0.25, 0.3) is 0 Å². The number of rotatable bonds is 6. The van der Waals surface area contributed by atoms with Gasteiger partial charge in [0.2, 0.25) is 6.29 Å². The first-order valence-corrected chi connectivity index (χ1v) is 13.0. The Balaban J connectivity index is 1.21. The molecule has 0 saturated carbocycles. The van der Waals surface area contributed by atoms with Crippen molar-refractivity contribution in [1.29, 1.82) is 5.26 Å². The molecule has 37 heavy (non-hydrogen) atoms. The van der Waals surface area contributed by atoms with Gasteiger partial charge in [0.15, 0.2) is 0 Å². The summed E-state index contributed by atoms with van der Waals surface area (Å²) in [6.45, 7) is 3.85. The van der Waals surface area contributed by atoms with Crippen molar-refractivity contribution < 1.29 is 9.53 Å². The maximum absolute atomic E-state index is 12.8. The minimum Gasteiger partial charge on any atom is -0.379 e. The number of hydrogen-bond donors (Lipinski definition) is 3. The summed E-state index contributed by atoms with van der Waals surface area (Å²) in [6, 6.07) is 10.2. The molecule has 1 aromatic carbocycles. The lowest BCUT2D eigenvalue weighted by Crippen LogP contribution is -2.43. The molecule has 0 bridgehead atoms. The van der Waals surface area contributed by atoms with Crippen molar-refractivity contribution in [3.63, 3.8) is 0 Å². The molecule has 4 aliphatic heterocycles. The Labute approximate surface area is 217 Å². The van der Waals surface area contributed by atoms with Crippen molar-refractivity contribution in [2.45, 2.75) is 44.1 Å². The van der Waals surface area contributed by atoms with Crippen LogP contribution >= 0.6 is 0 Å². The predicted molar refractivity (Wildman–Crippen MR) is 144 cm³/mol. The molecule has 194 valence electrons. The van der Waals surface area contributed by atoms with Crippen LogP contribution in [0.1, 0.15) is 36.0 Å². The lowest BCUT2D eigenvalue weighted by molar-refractivity contribution is 0.0917. The van der Waals surface area contributed by atoms with E-state index in [9.17, 15) is 10.1 Å². The van der Waals surface area contributed by atoms with Crippen molar-refractivity contribution >= 4 is 29.4 Å². The van der Waals surface area contributed by atoms with Crippen molar-refractivity contribution in [1.82, 2.24) is 15.5 Å². The van der Waals surface area contributed by atoms with Crippen LogP contribution in [0.15, 0.2) is 50.9 Å². The summed E-state index contributed by atoms with van der Waals surface area (Å²) >= 11 is 0. The zero-order valence-corrected chi connectivity index (χ0v) is 21.2. The van der Waals surface area contributed by atoms with E-state index in [1.165, 1.54) is 0 Å². The van der Waals surface area contributed by atoms with Crippen molar-refractivity contribution in [2.24, 2.45) is 20.9 Å². The number of nitrogens with zero attached hydrogens (tertiary/aromatic N) is 5. The van der Waals surface area contributed by atoms with Crippen molar-refractivity contribution in [3.05, 3.63) is 41.5 Å². The molecule has 3 unspecified atom stereocenters. The molecule has 0 aromatic heterocycles. The van der Waals surface area contributed by atoms with Crippen LogP contribution < -0.4 is 16.0 Å². The molecule has 4 heterocycles. The normalized spacial score (nSPS) is 26.5. The highest BCUT2D eigenvalue weighted by Gasteiger charge is 2.26. The summed E-state index contributed by atoms with van der Waals surface area (Å²) in [5, 5.41) is 19.6. The predicted octanol–water partition coefficient (Wildman–Crippen LogP) is 1.98. The number of hydrogen-bond acceptors (Lipinski definition) is 9. The van der Waals surface area contributed by atoms with Gasteiger partial charge in [0, 0.05) is 42.2 Å². The third kappa shape index (κ3) is 6.42. The number of nitrogens with one attached hydrogen (secondary N) is 3. The zero-order valence-electron chi connectivity index (χ0n) is 21.2. The fourth-order valence-corrected chi connectivity index (χ4v) is 4.96. The van der Waals surface area contributed by atoms with E-state index in [1.54, 1.807) is 0 Å². The van der Waals surface area contributed by atoms with Crippen LogP contribution in [0.5, 0.6) is 0 Å². The van der Waals surface area contributed by atoms with Crippen LogP contribution in [0, 0.1) is 17.2 Å². The number of piperidine rings is 1. The second-order valence-corrected chi connectivity index (χ2v) is 9.97. The first-order chi connectivity index (χ1) is 18.1. The Bertz CT molecular complexity index is 1150. The standard InChI is InChI=1S/C27H34N8O2/c1-35-10-6-21(7-11-35)32-26(36)18-3-2-4-22(14-18)33-27-29-9-5-24(34-27)20-13-19(15-28)25(30-16-20)31-23-8-12-37-17-23/h2-4,9,13-14,19,21,23,27,33H,5-8,10-12,16-17H2,1H3,(H,30,31)(H,32,36). The molecular weight excluding hydrogens is 468 g/mol. The van der Waals surface area contributed by atoms with E-state index in [4.69, 9.17) is 9.73 Å². The lowest BCUT2D eigenvalue weighted by Gasteiger charge is -2.29. The quantitative estimate of drug-likeness (QED) is 0.546. The summed E-state index contributed by atoms with van der Waals surface area (Å²) in [5.74, 6) is 0.213. The third-order valence-electron chi connectivity index (χ3n) is 7.16. The molecule has 10 heteroatoms. The van der Waals surface area contributed by atoms with Gasteiger partial charge in [-0.2, -0.15) is 5.26 Å². The van der Waals surface area contributed by atoms with Gasteiger partial charge in [-0.1, -0.05) is 12.1 Å². The fraction of sp³-hybridized carbons (Fsp3) is 0.519. The monoisotopic (exact) mass is 502 g/mol. The zero-order chi connectivity index (χ0) is 25.6. The van der Waals surface area contributed by atoms with Gasteiger partial charge in [-0.3, -0.25) is 14.8 Å². The number of benzene rings is 1. The summed E-state index contributed by atoms with van der Waals surface area (Å²) in [4.78, 5) is 29.0. The van der Waals surface area contributed by atoms with Crippen LogP contribution in [0.4, 0.5) is 5.69 Å². The van der Waals surface area contributed by atoms with Gasteiger partial charge < -0.3 is 25.6 Å². The van der Waals surface area contributed by atoms with E-state index < -0.39 is 12.2 Å². The SMILES string of the molecule is CN1CCC(NC(=O)c2cccc(NC3N=CCC(C4=CC(C#N)C(NC5CCOC5)=NC4)=N3)c2)CC1. The fourth-order valence-electron chi connectivity index (χ4n) is 4.96. The Morgan fingerprint density at radius 3 is 2.84 bits per heavy atom. The molecule has 2 fully saturated rings. The van der Waals surface area contributed by atoms with Gasteiger partial charge in [0.25, 0.3) is 5.91 Å². The first-order valence-electron chi connectivity index (χ1n) is 13.0. The first kappa shape index (κ1) is 25.1. The number of likely N-dealkylation sites (tertiary alicyclic amines) is 1. The Morgan fingerprint density at radius 2 is 2.05 bits per heavy atom. The molecule has 3 atom stereocenters. The average Bonchev–Trinajstić information content (AvgIpc) is 3.44.